The van der Waals surface area contributed by atoms with Crippen LogP contribution >= 0.6 is 0 Å². The van der Waals surface area contributed by atoms with E-state index in [0.717, 1.165) is 44.6 Å². The van der Waals surface area contributed by atoms with Gasteiger partial charge in [-0.15, -0.1) is 0 Å². The molecule has 1 unspecified atom stereocenters. The normalized spacial score (nSPS) is 25.2. The molecule has 6 nitrogen and oxygen atoms in total. The lowest BCUT2D eigenvalue weighted by atomic mass is 9.92. The van der Waals surface area contributed by atoms with E-state index in [1.54, 1.807) is 6.07 Å². The van der Waals surface area contributed by atoms with Gasteiger partial charge < -0.3 is 19.8 Å². The van der Waals surface area contributed by atoms with Crippen LogP contribution in [0, 0.1) is 0 Å². The van der Waals surface area contributed by atoms with Gasteiger partial charge in [0.25, 0.3) is 0 Å². The van der Waals surface area contributed by atoms with Crippen LogP contribution in [0.25, 0.3) is 0 Å². The number of hydrogen-bond donors (Lipinski definition) is 2. The molecule has 1 aromatic rings. The quantitative estimate of drug-likeness (QED) is 0.779. The van der Waals surface area contributed by atoms with Gasteiger partial charge in [0.05, 0.1) is 5.60 Å². The highest BCUT2D eigenvalue weighted by atomic mass is 16.5. The fourth-order valence-corrected chi connectivity index (χ4v) is 3.98. The van der Waals surface area contributed by atoms with Crippen molar-refractivity contribution in [3.05, 3.63) is 29.8 Å². The fraction of sp³-hybridized carbons (Fsp3) is 0.632. The average Bonchev–Trinajstić information content (AvgIpc) is 3.06. The molecule has 2 saturated heterocycles. The van der Waals surface area contributed by atoms with Crippen LogP contribution in [0.3, 0.4) is 0 Å². The summed E-state index contributed by atoms with van der Waals surface area (Å²) >= 11 is 0. The Morgan fingerprint density at radius 3 is 2.60 bits per heavy atom. The van der Waals surface area contributed by atoms with E-state index >= 15 is 0 Å². The summed E-state index contributed by atoms with van der Waals surface area (Å²) in [7, 11) is 0. The number of β-amino-alcohol motifs (C(OH)–C–C–N with tert-alkyl or cyclic N) is 1. The summed E-state index contributed by atoms with van der Waals surface area (Å²) in [5, 5.41) is 19.9. The molecular weight excluding hydrogens is 320 g/mol. The minimum atomic E-state index is -0.979. The van der Waals surface area contributed by atoms with Gasteiger partial charge in [0, 0.05) is 25.2 Å². The molecule has 0 bridgehead atoms. The molecule has 138 valence electrons. The summed E-state index contributed by atoms with van der Waals surface area (Å²) in [6, 6.07) is 7.55. The summed E-state index contributed by atoms with van der Waals surface area (Å²) < 4.78 is 5.40. The van der Waals surface area contributed by atoms with Crippen LogP contribution in [0.1, 0.15) is 31.2 Å². The summed E-state index contributed by atoms with van der Waals surface area (Å²) in [6.45, 7) is 4.85. The summed E-state index contributed by atoms with van der Waals surface area (Å²) in [5.41, 5.74) is 0.314. The molecule has 25 heavy (non-hydrogen) atoms. The van der Waals surface area contributed by atoms with E-state index in [1.165, 1.54) is 12.8 Å². The number of nitrogens with zero attached hydrogens (tertiary/aromatic N) is 2. The second-order valence-corrected chi connectivity index (χ2v) is 7.31. The average molecular weight is 348 g/mol. The molecular formula is C19H28N2O4. The van der Waals surface area contributed by atoms with Gasteiger partial charge in [-0.05, 0) is 51.4 Å². The van der Waals surface area contributed by atoms with Crippen LogP contribution in [0.15, 0.2) is 24.3 Å². The first-order valence-electron chi connectivity index (χ1n) is 9.14. The van der Waals surface area contributed by atoms with Crippen molar-refractivity contribution in [3.63, 3.8) is 0 Å². The van der Waals surface area contributed by atoms with Crippen molar-refractivity contribution in [2.75, 3.05) is 39.3 Å². The van der Waals surface area contributed by atoms with E-state index in [2.05, 4.69) is 9.80 Å². The van der Waals surface area contributed by atoms with Gasteiger partial charge in [-0.2, -0.15) is 0 Å². The molecule has 0 spiro atoms. The smallest absolute Gasteiger partial charge is 0.341 e. The van der Waals surface area contributed by atoms with Crippen LogP contribution in [0.2, 0.25) is 0 Å². The number of para-hydroxylation sites is 1. The third-order valence-corrected chi connectivity index (χ3v) is 5.07. The van der Waals surface area contributed by atoms with Crippen molar-refractivity contribution in [1.29, 1.82) is 0 Å². The van der Waals surface area contributed by atoms with Crippen LogP contribution in [-0.2, 0) is 11.3 Å². The molecule has 1 aromatic carbocycles. The molecule has 2 N–H and O–H groups in total. The highest BCUT2D eigenvalue weighted by Crippen LogP contribution is 2.27. The zero-order valence-electron chi connectivity index (χ0n) is 14.7. The molecule has 0 amide bonds. The number of aliphatic hydroxyl groups is 1. The summed E-state index contributed by atoms with van der Waals surface area (Å²) in [4.78, 5) is 15.4. The van der Waals surface area contributed by atoms with Crippen LogP contribution < -0.4 is 4.74 Å². The molecule has 2 aliphatic heterocycles. The number of aliphatic carboxylic acids is 1. The Bertz CT molecular complexity index is 589. The highest BCUT2D eigenvalue weighted by molar-refractivity contribution is 5.68. The monoisotopic (exact) mass is 348 g/mol. The van der Waals surface area contributed by atoms with Crippen molar-refractivity contribution in [1.82, 2.24) is 9.80 Å². The molecule has 0 aliphatic carbocycles. The lowest BCUT2D eigenvalue weighted by Crippen LogP contribution is -2.53. The molecule has 2 heterocycles. The van der Waals surface area contributed by atoms with Crippen molar-refractivity contribution in [2.24, 2.45) is 0 Å². The largest absolute Gasteiger partial charge is 0.482 e. The van der Waals surface area contributed by atoms with E-state index in [9.17, 15) is 9.90 Å². The van der Waals surface area contributed by atoms with E-state index < -0.39 is 11.6 Å². The lowest BCUT2D eigenvalue weighted by Gasteiger charge is -2.41. The van der Waals surface area contributed by atoms with Gasteiger partial charge in [0.1, 0.15) is 5.75 Å². The second kappa shape index (κ2) is 8.17. The minimum absolute atomic E-state index is 0.337. The van der Waals surface area contributed by atoms with Gasteiger partial charge in [-0.1, -0.05) is 18.2 Å². The highest BCUT2D eigenvalue weighted by Gasteiger charge is 2.35. The number of ether oxygens (including phenoxy) is 1. The third kappa shape index (κ3) is 5.17. The Morgan fingerprint density at radius 2 is 1.84 bits per heavy atom. The number of piperidine rings is 1. The van der Waals surface area contributed by atoms with Gasteiger partial charge in [0.15, 0.2) is 6.61 Å². The van der Waals surface area contributed by atoms with Gasteiger partial charge in [-0.25, -0.2) is 4.79 Å². The first-order valence-corrected chi connectivity index (χ1v) is 9.14. The predicted molar refractivity (Wildman–Crippen MR) is 94.7 cm³/mol. The summed E-state index contributed by atoms with van der Waals surface area (Å²) in [6.07, 6.45) is 4.28. The SMILES string of the molecule is O=C(O)COc1ccccc1CN1CCCC(O)(CN2CCCC2)C1. The van der Waals surface area contributed by atoms with E-state index in [1.807, 2.05) is 18.2 Å². The molecule has 0 saturated carbocycles. The molecule has 1 atom stereocenters. The predicted octanol–water partition coefficient (Wildman–Crippen LogP) is 1.57. The molecule has 3 rings (SSSR count). The number of carbonyl (C=O) groups is 1. The molecule has 0 aromatic heterocycles. The molecule has 2 fully saturated rings. The maximum absolute atomic E-state index is 11.0. The van der Waals surface area contributed by atoms with Crippen LogP contribution in [0.4, 0.5) is 0 Å². The number of rotatable bonds is 7. The first kappa shape index (κ1) is 18.2. The van der Waals surface area contributed by atoms with Crippen LogP contribution in [0.5, 0.6) is 5.75 Å². The fourth-order valence-electron chi connectivity index (χ4n) is 3.98. The van der Waals surface area contributed by atoms with Crippen molar-refractivity contribution >= 4 is 5.97 Å². The number of carboxylic acids is 1. The number of hydrogen-bond acceptors (Lipinski definition) is 5. The minimum Gasteiger partial charge on any atom is -0.482 e. The zero-order valence-corrected chi connectivity index (χ0v) is 14.7. The number of carboxylic acid groups (broad SMARTS) is 1. The maximum Gasteiger partial charge on any atom is 0.341 e. The first-order chi connectivity index (χ1) is 12.0. The number of benzene rings is 1. The van der Waals surface area contributed by atoms with Gasteiger partial charge in [-0.3, -0.25) is 4.90 Å². The topological polar surface area (TPSA) is 73.2 Å². The van der Waals surface area contributed by atoms with Crippen molar-refractivity contribution in [2.45, 2.75) is 37.8 Å². The molecule has 6 heteroatoms. The second-order valence-electron chi connectivity index (χ2n) is 7.31. The van der Waals surface area contributed by atoms with Crippen LogP contribution in [-0.4, -0.2) is 70.9 Å². The Balaban J connectivity index is 1.61. The standard InChI is InChI=1S/C19H28N2O4/c22-18(23)13-25-17-7-2-1-6-16(17)12-21-11-5-8-19(24,15-21)14-20-9-3-4-10-20/h1-2,6-7,24H,3-5,8-15H2,(H,22,23). The maximum atomic E-state index is 11.0. The Kier molecular flexibility index (Phi) is 5.93. The van der Waals surface area contributed by atoms with E-state index in [4.69, 9.17) is 9.84 Å². The summed E-state index contributed by atoms with van der Waals surface area (Å²) in [5.74, 6) is -0.369. The van der Waals surface area contributed by atoms with Crippen molar-refractivity contribution < 1.29 is 19.7 Å². The van der Waals surface area contributed by atoms with Gasteiger partial charge in [0.2, 0.25) is 0 Å². The molecule has 0 radical (unpaired) electrons. The van der Waals surface area contributed by atoms with Gasteiger partial charge >= 0.3 is 5.97 Å². The molecule has 2 aliphatic rings. The van der Waals surface area contributed by atoms with E-state index in [0.29, 0.717) is 18.8 Å². The zero-order chi connectivity index (χ0) is 17.7. The Labute approximate surface area is 149 Å². The Hall–Kier alpha value is -1.63. The van der Waals surface area contributed by atoms with E-state index in [-0.39, 0.29) is 6.61 Å². The number of likely N-dealkylation sites (tertiary alicyclic amines) is 2. The third-order valence-electron chi connectivity index (χ3n) is 5.07. The van der Waals surface area contributed by atoms with Crippen molar-refractivity contribution in [3.8, 4) is 5.75 Å². The Morgan fingerprint density at radius 1 is 1.12 bits per heavy atom. The lowest BCUT2D eigenvalue weighted by molar-refractivity contribution is -0.139.